The number of carbonyl (C=O) groups excluding carboxylic acids is 2. The lowest BCUT2D eigenvalue weighted by molar-refractivity contribution is -0.156. The zero-order valence-electron chi connectivity index (χ0n) is 15.3. The highest BCUT2D eigenvalue weighted by atomic mass is 16.6. The molecule has 0 radical (unpaired) electrons. The summed E-state index contributed by atoms with van der Waals surface area (Å²) in [6, 6.07) is -0.620. The van der Waals surface area contributed by atoms with Gasteiger partial charge in [-0.1, -0.05) is 13.8 Å². The number of carbonyl (C=O) groups is 2. The van der Waals surface area contributed by atoms with Crippen LogP contribution in [0.25, 0.3) is 11.2 Å². The van der Waals surface area contributed by atoms with Crippen LogP contribution in [-0.2, 0) is 14.3 Å². The van der Waals surface area contributed by atoms with E-state index in [9.17, 15) is 9.59 Å². The van der Waals surface area contributed by atoms with E-state index in [1.54, 1.807) is 0 Å². The number of amides is 1. The number of H-pyrrole nitrogens is 1. The molecular weight excluding hydrogens is 324 g/mol. The first-order chi connectivity index (χ1) is 11.6. The second-order valence-electron chi connectivity index (χ2n) is 7.08. The van der Waals surface area contributed by atoms with Crippen molar-refractivity contribution in [2.45, 2.75) is 53.2 Å². The zero-order chi connectivity index (χ0) is 18.8. The first kappa shape index (κ1) is 18.6. The lowest BCUT2D eigenvalue weighted by Gasteiger charge is -2.27. The van der Waals surface area contributed by atoms with Gasteiger partial charge in [-0.3, -0.25) is 10.1 Å². The molecule has 0 unspecified atom stereocenters. The largest absolute Gasteiger partial charge is 0.458 e. The third-order valence-electron chi connectivity index (χ3n) is 3.19. The van der Waals surface area contributed by atoms with Crippen LogP contribution in [-0.4, -0.2) is 43.5 Å². The number of nitrogens with one attached hydrogen (secondary N) is 3. The third-order valence-corrected chi connectivity index (χ3v) is 3.19. The highest BCUT2D eigenvalue weighted by Gasteiger charge is 2.29. The van der Waals surface area contributed by atoms with E-state index in [1.807, 2.05) is 34.6 Å². The Hall–Kier alpha value is -2.71. The van der Waals surface area contributed by atoms with Gasteiger partial charge in [0.2, 0.25) is 11.9 Å². The molecule has 25 heavy (non-hydrogen) atoms. The van der Waals surface area contributed by atoms with Crippen molar-refractivity contribution in [3.05, 3.63) is 6.33 Å². The summed E-state index contributed by atoms with van der Waals surface area (Å²) < 4.78 is 5.48. The number of aromatic amines is 1. The van der Waals surface area contributed by atoms with Gasteiger partial charge in [-0.25, -0.2) is 9.78 Å². The van der Waals surface area contributed by atoms with E-state index in [0.29, 0.717) is 17.0 Å². The second-order valence-corrected chi connectivity index (χ2v) is 7.08. The second kappa shape index (κ2) is 7.04. The number of rotatable bonds is 5. The van der Waals surface area contributed by atoms with Crippen LogP contribution in [0.5, 0.6) is 0 Å². The molecule has 2 rings (SSSR count). The van der Waals surface area contributed by atoms with Crippen LogP contribution in [0, 0.1) is 5.92 Å². The molecule has 3 N–H and O–H groups in total. The first-order valence-corrected chi connectivity index (χ1v) is 8.05. The van der Waals surface area contributed by atoms with Crippen molar-refractivity contribution in [3.8, 4) is 0 Å². The molecule has 2 aromatic rings. The smallest absolute Gasteiger partial charge is 0.329 e. The summed E-state index contributed by atoms with van der Waals surface area (Å²) in [4.78, 5) is 39.3. The molecule has 9 nitrogen and oxygen atoms in total. The molecule has 0 aliphatic carbocycles. The van der Waals surface area contributed by atoms with Crippen LogP contribution < -0.4 is 10.6 Å². The molecule has 0 saturated heterocycles. The molecule has 0 spiro atoms. The quantitative estimate of drug-likeness (QED) is 0.707. The van der Waals surface area contributed by atoms with Gasteiger partial charge in [0.15, 0.2) is 11.5 Å². The van der Waals surface area contributed by atoms with Crippen molar-refractivity contribution in [1.29, 1.82) is 0 Å². The number of nitrogens with zero attached hydrogens (tertiary/aromatic N) is 3. The fraction of sp³-hybridized carbons (Fsp3) is 0.562. The maximum absolute atomic E-state index is 12.5. The highest BCUT2D eigenvalue weighted by Crippen LogP contribution is 2.22. The Morgan fingerprint density at radius 1 is 1.24 bits per heavy atom. The number of anilines is 2. The Morgan fingerprint density at radius 3 is 2.48 bits per heavy atom. The van der Waals surface area contributed by atoms with Crippen molar-refractivity contribution < 1.29 is 14.3 Å². The van der Waals surface area contributed by atoms with Crippen LogP contribution in [0.4, 0.5) is 11.8 Å². The molecule has 136 valence electrons. The van der Waals surface area contributed by atoms with Gasteiger partial charge >= 0.3 is 5.97 Å². The maximum Gasteiger partial charge on any atom is 0.329 e. The number of hydrogen-bond donors (Lipinski definition) is 3. The fourth-order valence-electron chi connectivity index (χ4n) is 2.16. The molecule has 0 aliphatic rings. The fourth-order valence-corrected chi connectivity index (χ4v) is 2.16. The lowest BCUT2D eigenvalue weighted by atomic mass is 10.0. The number of imidazole rings is 1. The van der Waals surface area contributed by atoms with E-state index in [2.05, 4.69) is 30.6 Å². The number of esters is 1. The Labute approximate surface area is 146 Å². The van der Waals surface area contributed by atoms with Crippen molar-refractivity contribution in [2.75, 3.05) is 10.6 Å². The van der Waals surface area contributed by atoms with Crippen molar-refractivity contribution >= 4 is 34.8 Å². The van der Waals surface area contributed by atoms with Crippen molar-refractivity contribution in [2.24, 2.45) is 5.92 Å². The number of fused-ring (bicyclic) bond motifs is 1. The van der Waals surface area contributed by atoms with Gasteiger partial charge in [0.1, 0.15) is 17.2 Å². The Balaban J connectivity index is 2.36. The predicted octanol–water partition coefficient (Wildman–Crippen LogP) is 2.09. The Kier molecular flexibility index (Phi) is 5.24. The van der Waals surface area contributed by atoms with E-state index in [4.69, 9.17) is 4.74 Å². The van der Waals surface area contributed by atoms with Crippen LogP contribution in [0.2, 0.25) is 0 Å². The lowest BCUT2D eigenvalue weighted by Crippen LogP contribution is -2.40. The van der Waals surface area contributed by atoms with E-state index < -0.39 is 11.6 Å². The van der Waals surface area contributed by atoms with Gasteiger partial charge < -0.3 is 15.0 Å². The summed E-state index contributed by atoms with van der Waals surface area (Å²) in [5, 5.41) is 5.62. The molecule has 1 atom stereocenters. The van der Waals surface area contributed by atoms with Gasteiger partial charge in [-0.2, -0.15) is 9.97 Å². The molecule has 0 aliphatic heterocycles. The molecule has 0 bridgehead atoms. The van der Waals surface area contributed by atoms with Crippen LogP contribution >= 0.6 is 0 Å². The summed E-state index contributed by atoms with van der Waals surface area (Å²) in [7, 11) is 0. The molecule has 2 heterocycles. The average Bonchev–Trinajstić information content (AvgIpc) is 2.89. The number of ether oxygens (including phenoxy) is 1. The van der Waals surface area contributed by atoms with Crippen LogP contribution in [0.1, 0.15) is 41.5 Å². The number of aromatic nitrogens is 4. The van der Waals surface area contributed by atoms with Crippen LogP contribution in [0.3, 0.4) is 0 Å². The molecule has 0 saturated carbocycles. The predicted molar refractivity (Wildman–Crippen MR) is 94.1 cm³/mol. The molecule has 1 amide bonds. The Morgan fingerprint density at radius 2 is 1.92 bits per heavy atom. The van der Waals surface area contributed by atoms with E-state index in [-0.39, 0.29) is 23.7 Å². The minimum atomic E-state index is -0.620. The molecular formula is C16H24N6O3. The van der Waals surface area contributed by atoms with Crippen LogP contribution in [0.15, 0.2) is 6.33 Å². The van der Waals surface area contributed by atoms with Gasteiger partial charge in [-0.05, 0) is 26.7 Å². The Bertz CT molecular complexity index is 778. The van der Waals surface area contributed by atoms with Gasteiger partial charge in [0.25, 0.3) is 0 Å². The molecule has 0 fully saturated rings. The minimum absolute atomic E-state index is 0.0491. The van der Waals surface area contributed by atoms with Gasteiger partial charge in [0.05, 0.1) is 6.33 Å². The van der Waals surface area contributed by atoms with E-state index >= 15 is 0 Å². The maximum atomic E-state index is 12.5. The number of hydrogen-bond acceptors (Lipinski definition) is 7. The average molecular weight is 348 g/mol. The van der Waals surface area contributed by atoms with Crippen molar-refractivity contribution in [1.82, 2.24) is 19.9 Å². The SMILES string of the molecule is CC(=O)Nc1nc(N[C@H](C(=O)OC(C)(C)C)C(C)C)c2[nH]cnc2n1. The first-order valence-electron chi connectivity index (χ1n) is 8.05. The minimum Gasteiger partial charge on any atom is -0.458 e. The summed E-state index contributed by atoms with van der Waals surface area (Å²) in [5.41, 5.74) is 0.332. The molecule has 9 heteroatoms. The van der Waals surface area contributed by atoms with Gasteiger partial charge in [0, 0.05) is 6.92 Å². The van der Waals surface area contributed by atoms with Crippen molar-refractivity contribution in [3.63, 3.8) is 0 Å². The summed E-state index contributed by atoms with van der Waals surface area (Å²) in [6.07, 6.45) is 1.47. The summed E-state index contributed by atoms with van der Waals surface area (Å²) >= 11 is 0. The molecule has 0 aromatic carbocycles. The molecule has 2 aromatic heterocycles. The van der Waals surface area contributed by atoms with E-state index in [0.717, 1.165) is 0 Å². The highest BCUT2D eigenvalue weighted by molar-refractivity contribution is 5.91. The topological polar surface area (TPSA) is 122 Å². The van der Waals surface area contributed by atoms with E-state index in [1.165, 1.54) is 13.3 Å². The normalized spacial score (nSPS) is 12.9. The standard InChI is InChI=1S/C16H24N6O3/c1-8(2)10(14(24)25-16(4,5)6)20-13-11-12(18-7-17-11)21-15(22-13)19-9(3)23/h7-8,10H,1-6H3,(H3,17,18,19,20,21,22,23)/t10-/m0/s1. The summed E-state index contributed by atoms with van der Waals surface area (Å²) in [5.74, 6) is -0.243. The monoisotopic (exact) mass is 348 g/mol. The summed E-state index contributed by atoms with van der Waals surface area (Å²) in [6.45, 7) is 10.6. The zero-order valence-corrected chi connectivity index (χ0v) is 15.3. The third kappa shape index (κ3) is 4.88. The van der Waals surface area contributed by atoms with Gasteiger partial charge in [-0.15, -0.1) is 0 Å².